The van der Waals surface area contributed by atoms with Crippen molar-refractivity contribution in [1.82, 2.24) is 4.90 Å². The molecule has 100 valence electrons. The van der Waals surface area contributed by atoms with Crippen molar-refractivity contribution >= 4 is 0 Å². The van der Waals surface area contributed by atoms with E-state index in [2.05, 4.69) is 49.2 Å². The molecule has 0 bridgehead atoms. The smallest absolute Gasteiger partial charge is 0.0309 e. The number of nitrogens with two attached hydrogens (primary N) is 1. The highest BCUT2D eigenvalue weighted by molar-refractivity contribution is 5.18. The van der Waals surface area contributed by atoms with E-state index in [1.165, 1.54) is 31.4 Å². The molecule has 0 aromatic heterocycles. The molecule has 2 heteroatoms. The molecule has 2 rings (SSSR count). The number of piperidine rings is 1. The summed E-state index contributed by atoms with van der Waals surface area (Å²) in [6, 6.07) is 11.3. The molecule has 0 radical (unpaired) electrons. The van der Waals surface area contributed by atoms with Crippen molar-refractivity contribution in [3.8, 4) is 0 Å². The molecule has 1 aromatic rings. The summed E-state index contributed by atoms with van der Waals surface area (Å²) < 4.78 is 0. The van der Waals surface area contributed by atoms with Gasteiger partial charge in [0.05, 0.1) is 0 Å². The van der Waals surface area contributed by atoms with Gasteiger partial charge in [-0.3, -0.25) is 0 Å². The van der Waals surface area contributed by atoms with E-state index in [1.807, 2.05) is 0 Å². The summed E-state index contributed by atoms with van der Waals surface area (Å²) in [5.41, 5.74) is 7.60. The summed E-state index contributed by atoms with van der Waals surface area (Å²) in [5, 5.41) is 0. The Morgan fingerprint density at radius 2 is 2.00 bits per heavy atom. The van der Waals surface area contributed by atoms with Gasteiger partial charge in [-0.1, -0.05) is 43.7 Å². The first-order valence-electron chi connectivity index (χ1n) is 7.21. The van der Waals surface area contributed by atoms with Crippen molar-refractivity contribution in [2.24, 2.45) is 11.7 Å². The van der Waals surface area contributed by atoms with Crippen LogP contribution in [0.1, 0.15) is 44.2 Å². The van der Waals surface area contributed by atoms with Crippen molar-refractivity contribution in [3.05, 3.63) is 35.9 Å². The van der Waals surface area contributed by atoms with Crippen LogP contribution in [0.15, 0.2) is 30.3 Å². The van der Waals surface area contributed by atoms with Crippen molar-refractivity contribution in [2.45, 2.75) is 44.7 Å². The van der Waals surface area contributed by atoms with Gasteiger partial charge in [0.1, 0.15) is 0 Å². The molecule has 2 N–H and O–H groups in total. The first kappa shape index (κ1) is 13.6. The van der Waals surface area contributed by atoms with E-state index in [0.717, 1.165) is 12.3 Å². The zero-order valence-corrected chi connectivity index (χ0v) is 11.7. The van der Waals surface area contributed by atoms with Gasteiger partial charge >= 0.3 is 0 Å². The largest absolute Gasteiger partial charge is 0.324 e. The van der Waals surface area contributed by atoms with Crippen molar-refractivity contribution in [1.29, 1.82) is 0 Å². The van der Waals surface area contributed by atoms with Crippen LogP contribution < -0.4 is 5.73 Å². The second kappa shape index (κ2) is 6.35. The number of benzene rings is 1. The van der Waals surface area contributed by atoms with Crippen LogP contribution in [-0.4, -0.2) is 24.5 Å². The molecule has 2 nitrogen and oxygen atoms in total. The van der Waals surface area contributed by atoms with E-state index in [0.29, 0.717) is 6.04 Å². The van der Waals surface area contributed by atoms with Crippen LogP contribution in [0.4, 0.5) is 0 Å². The lowest BCUT2D eigenvalue weighted by Gasteiger charge is -2.38. The maximum atomic E-state index is 6.33. The van der Waals surface area contributed by atoms with Crippen LogP contribution >= 0.6 is 0 Å². The molecule has 0 saturated carbocycles. The fourth-order valence-corrected chi connectivity index (χ4v) is 3.06. The maximum absolute atomic E-state index is 6.33. The lowest BCUT2D eigenvalue weighted by Crippen LogP contribution is -2.42. The highest BCUT2D eigenvalue weighted by atomic mass is 15.1. The van der Waals surface area contributed by atoms with E-state index in [4.69, 9.17) is 5.73 Å². The standard InChI is InChI=1S/C16H26N2/c1-3-13-9-10-15(18(2)12-13)11-16(17)14-7-5-4-6-8-14/h4-8,13,15-16H,3,9-12,17H2,1-2H3. The number of hydrogen-bond donors (Lipinski definition) is 1. The molecule has 1 aliphatic rings. The number of nitrogens with zero attached hydrogens (tertiary/aromatic N) is 1. The van der Waals surface area contributed by atoms with Gasteiger partial charge in [-0.15, -0.1) is 0 Å². The summed E-state index contributed by atoms with van der Waals surface area (Å²) in [4.78, 5) is 2.51. The minimum absolute atomic E-state index is 0.178. The first-order valence-corrected chi connectivity index (χ1v) is 7.21. The van der Waals surface area contributed by atoms with E-state index < -0.39 is 0 Å². The third-order valence-electron chi connectivity index (χ3n) is 4.41. The van der Waals surface area contributed by atoms with Crippen LogP contribution in [0.5, 0.6) is 0 Å². The second-order valence-corrected chi connectivity index (χ2v) is 5.70. The minimum Gasteiger partial charge on any atom is -0.324 e. The molecule has 3 unspecified atom stereocenters. The topological polar surface area (TPSA) is 29.3 Å². The van der Waals surface area contributed by atoms with Crippen LogP contribution in [0, 0.1) is 5.92 Å². The number of rotatable bonds is 4. The van der Waals surface area contributed by atoms with E-state index >= 15 is 0 Å². The fourth-order valence-electron chi connectivity index (χ4n) is 3.06. The molecule has 0 aliphatic carbocycles. The summed E-state index contributed by atoms with van der Waals surface area (Å²) in [7, 11) is 2.25. The lowest BCUT2D eigenvalue weighted by molar-refractivity contribution is 0.123. The van der Waals surface area contributed by atoms with Gasteiger partial charge in [-0.05, 0) is 37.8 Å². The lowest BCUT2D eigenvalue weighted by atomic mass is 9.87. The first-order chi connectivity index (χ1) is 8.70. The quantitative estimate of drug-likeness (QED) is 0.884. The van der Waals surface area contributed by atoms with E-state index in [-0.39, 0.29) is 6.04 Å². The second-order valence-electron chi connectivity index (χ2n) is 5.70. The molecule has 1 fully saturated rings. The van der Waals surface area contributed by atoms with Gasteiger partial charge in [0.25, 0.3) is 0 Å². The molecule has 18 heavy (non-hydrogen) atoms. The van der Waals surface area contributed by atoms with Gasteiger partial charge in [0.2, 0.25) is 0 Å². The Morgan fingerprint density at radius 1 is 1.28 bits per heavy atom. The van der Waals surface area contributed by atoms with Crippen LogP contribution in [0.3, 0.4) is 0 Å². The summed E-state index contributed by atoms with van der Waals surface area (Å²) in [6.07, 6.45) is 5.06. The predicted octanol–water partition coefficient (Wildman–Crippen LogP) is 3.20. The average Bonchev–Trinajstić information content (AvgIpc) is 2.42. The minimum atomic E-state index is 0.178. The Kier molecular flexibility index (Phi) is 4.79. The molecular formula is C16H26N2. The van der Waals surface area contributed by atoms with Crippen LogP contribution in [0.2, 0.25) is 0 Å². The maximum Gasteiger partial charge on any atom is 0.0309 e. The van der Waals surface area contributed by atoms with Crippen molar-refractivity contribution in [2.75, 3.05) is 13.6 Å². The normalized spacial score (nSPS) is 27.1. The van der Waals surface area contributed by atoms with E-state index in [9.17, 15) is 0 Å². The Morgan fingerprint density at radius 3 is 2.61 bits per heavy atom. The predicted molar refractivity (Wildman–Crippen MR) is 77.4 cm³/mol. The van der Waals surface area contributed by atoms with Gasteiger partial charge in [0.15, 0.2) is 0 Å². The van der Waals surface area contributed by atoms with Gasteiger partial charge in [-0.25, -0.2) is 0 Å². The highest BCUT2D eigenvalue weighted by Crippen LogP contribution is 2.28. The summed E-state index contributed by atoms with van der Waals surface area (Å²) in [5.74, 6) is 0.888. The number of likely N-dealkylation sites (tertiary alicyclic amines) is 1. The zero-order valence-electron chi connectivity index (χ0n) is 11.7. The SMILES string of the molecule is CCC1CCC(CC(N)c2ccccc2)N(C)C1. The third-order valence-corrected chi connectivity index (χ3v) is 4.41. The Balaban J connectivity index is 1.90. The van der Waals surface area contributed by atoms with Gasteiger partial charge in [0, 0.05) is 18.6 Å². The Labute approximate surface area is 111 Å². The Hall–Kier alpha value is -0.860. The molecule has 1 saturated heterocycles. The van der Waals surface area contributed by atoms with Gasteiger partial charge in [-0.2, -0.15) is 0 Å². The molecule has 0 spiro atoms. The van der Waals surface area contributed by atoms with Gasteiger partial charge < -0.3 is 10.6 Å². The van der Waals surface area contributed by atoms with Crippen LogP contribution in [0.25, 0.3) is 0 Å². The van der Waals surface area contributed by atoms with Crippen molar-refractivity contribution in [3.63, 3.8) is 0 Å². The third kappa shape index (κ3) is 3.33. The zero-order chi connectivity index (χ0) is 13.0. The summed E-state index contributed by atoms with van der Waals surface area (Å²) in [6.45, 7) is 3.54. The average molecular weight is 246 g/mol. The molecule has 1 heterocycles. The van der Waals surface area contributed by atoms with E-state index in [1.54, 1.807) is 0 Å². The van der Waals surface area contributed by atoms with Crippen molar-refractivity contribution < 1.29 is 0 Å². The Bertz CT molecular complexity index is 349. The molecule has 1 aliphatic heterocycles. The monoisotopic (exact) mass is 246 g/mol. The molecular weight excluding hydrogens is 220 g/mol. The summed E-state index contributed by atoms with van der Waals surface area (Å²) >= 11 is 0. The highest BCUT2D eigenvalue weighted by Gasteiger charge is 2.26. The van der Waals surface area contributed by atoms with Crippen LogP contribution in [-0.2, 0) is 0 Å². The fraction of sp³-hybridized carbons (Fsp3) is 0.625. The molecule has 0 amide bonds. The number of hydrogen-bond acceptors (Lipinski definition) is 2. The molecule has 3 atom stereocenters. The molecule has 1 aromatic carbocycles.